The Balaban J connectivity index is 2.35. The summed E-state index contributed by atoms with van der Waals surface area (Å²) < 4.78 is 0. The van der Waals surface area contributed by atoms with Crippen LogP contribution in [0, 0.1) is 17.2 Å². The highest BCUT2D eigenvalue weighted by Crippen LogP contribution is 2.24. The Hall–Kier alpha value is -0.880. The second kappa shape index (κ2) is 6.65. The maximum absolute atomic E-state index is 12.0. The van der Waals surface area contributed by atoms with Gasteiger partial charge in [0.25, 0.3) is 0 Å². The zero-order valence-corrected chi connectivity index (χ0v) is 10.4. The normalized spacial score (nSPS) is 19.4. The Morgan fingerprint density at radius 1 is 1.44 bits per heavy atom. The molecule has 1 rings (SSSR count). The van der Waals surface area contributed by atoms with Crippen molar-refractivity contribution in [1.29, 1.82) is 5.26 Å². The van der Waals surface area contributed by atoms with Crippen LogP contribution >= 0.6 is 0 Å². The summed E-state index contributed by atoms with van der Waals surface area (Å²) in [4.78, 5) is 14.0. The molecule has 1 saturated carbocycles. The van der Waals surface area contributed by atoms with Gasteiger partial charge in [0.15, 0.2) is 0 Å². The summed E-state index contributed by atoms with van der Waals surface area (Å²) in [6.07, 6.45) is 6.32. The van der Waals surface area contributed by atoms with E-state index in [-0.39, 0.29) is 12.0 Å². The van der Waals surface area contributed by atoms with Crippen molar-refractivity contribution in [2.24, 2.45) is 5.92 Å². The number of hydrogen-bond acceptors (Lipinski definition) is 3. The largest absolute Gasteiger partial charge is 0.298 e. The molecule has 0 spiro atoms. The molecule has 0 aromatic carbocycles. The van der Waals surface area contributed by atoms with E-state index in [0.29, 0.717) is 18.7 Å². The molecular weight excluding hydrogens is 200 g/mol. The summed E-state index contributed by atoms with van der Waals surface area (Å²) in [5.74, 6) is 0.650. The second-order valence-corrected chi connectivity index (χ2v) is 4.93. The average molecular weight is 222 g/mol. The maximum Gasteiger partial charge on any atom is 0.149 e. The minimum Gasteiger partial charge on any atom is -0.298 e. The number of nitrogens with zero attached hydrogens (tertiary/aromatic N) is 2. The van der Waals surface area contributed by atoms with Crippen molar-refractivity contribution in [2.45, 2.75) is 51.5 Å². The van der Waals surface area contributed by atoms with E-state index in [1.807, 2.05) is 18.9 Å². The first kappa shape index (κ1) is 13.2. The second-order valence-electron chi connectivity index (χ2n) is 4.93. The van der Waals surface area contributed by atoms with Gasteiger partial charge in [0.1, 0.15) is 5.78 Å². The van der Waals surface area contributed by atoms with E-state index in [1.165, 1.54) is 19.3 Å². The Bertz CT molecular complexity index is 264. The number of likely N-dealkylation sites (N-methyl/N-ethyl adjacent to an activating group) is 1. The maximum atomic E-state index is 12.0. The van der Waals surface area contributed by atoms with E-state index in [0.717, 1.165) is 12.8 Å². The molecular formula is C13H22N2O. The molecule has 3 nitrogen and oxygen atoms in total. The Morgan fingerprint density at radius 3 is 2.62 bits per heavy atom. The third-order valence-electron chi connectivity index (χ3n) is 3.60. The van der Waals surface area contributed by atoms with Gasteiger partial charge >= 0.3 is 0 Å². The molecule has 1 unspecified atom stereocenters. The van der Waals surface area contributed by atoms with Gasteiger partial charge in [-0.25, -0.2) is 0 Å². The highest BCUT2D eigenvalue weighted by atomic mass is 16.1. The number of nitriles is 1. The van der Waals surface area contributed by atoms with Crippen LogP contribution in [-0.2, 0) is 4.79 Å². The van der Waals surface area contributed by atoms with Crippen LogP contribution in [0.3, 0.4) is 0 Å². The lowest BCUT2D eigenvalue weighted by Gasteiger charge is -2.26. The van der Waals surface area contributed by atoms with E-state index < -0.39 is 0 Å². The molecule has 0 aromatic heterocycles. The average Bonchev–Trinajstić information content (AvgIpc) is 2.30. The molecule has 90 valence electrons. The first-order chi connectivity index (χ1) is 7.65. The van der Waals surface area contributed by atoms with Crippen molar-refractivity contribution in [3.63, 3.8) is 0 Å². The SMILES string of the molecule is CC(CC#N)N(C)CC(=O)C1CCCCC1. The summed E-state index contributed by atoms with van der Waals surface area (Å²) in [5.41, 5.74) is 0. The monoisotopic (exact) mass is 222 g/mol. The standard InChI is InChI=1S/C13H22N2O/c1-11(8-9-14)15(2)10-13(16)12-6-4-3-5-7-12/h11-12H,3-8,10H2,1-2H3. The fourth-order valence-corrected chi connectivity index (χ4v) is 2.24. The van der Waals surface area contributed by atoms with Gasteiger partial charge in [-0.1, -0.05) is 19.3 Å². The van der Waals surface area contributed by atoms with Gasteiger partial charge in [-0.2, -0.15) is 5.26 Å². The number of hydrogen-bond donors (Lipinski definition) is 0. The highest BCUT2D eigenvalue weighted by molar-refractivity contribution is 5.83. The van der Waals surface area contributed by atoms with Crippen molar-refractivity contribution < 1.29 is 4.79 Å². The molecule has 0 saturated heterocycles. The van der Waals surface area contributed by atoms with E-state index in [1.54, 1.807) is 0 Å². The van der Waals surface area contributed by atoms with E-state index in [4.69, 9.17) is 5.26 Å². The number of carbonyl (C=O) groups is 1. The molecule has 0 bridgehead atoms. The van der Waals surface area contributed by atoms with Crippen LogP contribution in [0.15, 0.2) is 0 Å². The Kier molecular flexibility index (Phi) is 5.48. The summed E-state index contributed by atoms with van der Waals surface area (Å²) in [6.45, 7) is 2.50. The Labute approximate surface area is 98.4 Å². The number of Topliss-reactive ketones (excluding diaryl/α,β-unsaturated/α-hetero) is 1. The number of carbonyl (C=O) groups excluding carboxylic acids is 1. The third kappa shape index (κ3) is 3.94. The molecule has 0 aliphatic heterocycles. The minimum absolute atomic E-state index is 0.178. The van der Waals surface area contributed by atoms with Gasteiger partial charge in [-0.15, -0.1) is 0 Å². The first-order valence-corrected chi connectivity index (χ1v) is 6.25. The Morgan fingerprint density at radius 2 is 2.06 bits per heavy atom. The van der Waals surface area contributed by atoms with Crippen LogP contribution in [0.2, 0.25) is 0 Å². The van der Waals surface area contributed by atoms with E-state index >= 15 is 0 Å². The summed E-state index contributed by atoms with van der Waals surface area (Å²) in [7, 11) is 1.93. The van der Waals surface area contributed by atoms with Gasteiger partial charge in [-0.05, 0) is 26.8 Å². The molecule has 0 heterocycles. The van der Waals surface area contributed by atoms with E-state index in [9.17, 15) is 4.79 Å². The van der Waals surface area contributed by atoms with E-state index in [2.05, 4.69) is 6.07 Å². The van der Waals surface area contributed by atoms with Gasteiger partial charge in [0.05, 0.1) is 19.0 Å². The van der Waals surface area contributed by atoms with Crippen LogP contribution in [0.25, 0.3) is 0 Å². The molecule has 3 heteroatoms. The predicted octanol–water partition coefficient (Wildman–Crippen LogP) is 2.37. The lowest BCUT2D eigenvalue weighted by molar-refractivity contribution is -0.125. The van der Waals surface area contributed by atoms with Crippen LogP contribution in [0.1, 0.15) is 45.4 Å². The third-order valence-corrected chi connectivity index (χ3v) is 3.60. The first-order valence-electron chi connectivity index (χ1n) is 6.25. The number of ketones is 1. The smallest absolute Gasteiger partial charge is 0.149 e. The predicted molar refractivity (Wildman–Crippen MR) is 63.9 cm³/mol. The summed E-state index contributed by atoms with van der Waals surface area (Å²) >= 11 is 0. The summed E-state index contributed by atoms with van der Waals surface area (Å²) in [5, 5.41) is 8.61. The van der Waals surface area contributed by atoms with Gasteiger partial charge < -0.3 is 0 Å². The molecule has 1 atom stereocenters. The fourth-order valence-electron chi connectivity index (χ4n) is 2.24. The molecule has 0 N–H and O–H groups in total. The minimum atomic E-state index is 0.178. The van der Waals surface area contributed by atoms with Crippen LogP contribution in [0.4, 0.5) is 0 Å². The quantitative estimate of drug-likeness (QED) is 0.717. The summed E-state index contributed by atoms with van der Waals surface area (Å²) in [6, 6.07) is 2.33. The van der Waals surface area contributed by atoms with Crippen molar-refractivity contribution >= 4 is 5.78 Å². The molecule has 0 amide bonds. The van der Waals surface area contributed by atoms with Crippen LogP contribution in [0.5, 0.6) is 0 Å². The van der Waals surface area contributed by atoms with Gasteiger partial charge in [0.2, 0.25) is 0 Å². The molecule has 1 aliphatic rings. The molecule has 0 radical (unpaired) electrons. The van der Waals surface area contributed by atoms with Crippen LogP contribution in [-0.4, -0.2) is 30.3 Å². The van der Waals surface area contributed by atoms with Crippen molar-refractivity contribution in [1.82, 2.24) is 4.90 Å². The highest BCUT2D eigenvalue weighted by Gasteiger charge is 2.23. The zero-order valence-electron chi connectivity index (χ0n) is 10.4. The van der Waals surface area contributed by atoms with Crippen molar-refractivity contribution in [3.8, 4) is 6.07 Å². The number of rotatable bonds is 5. The molecule has 16 heavy (non-hydrogen) atoms. The van der Waals surface area contributed by atoms with Crippen LogP contribution < -0.4 is 0 Å². The van der Waals surface area contributed by atoms with Crippen molar-refractivity contribution in [3.05, 3.63) is 0 Å². The van der Waals surface area contributed by atoms with Gasteiger partial charge in [-0.3, -0.25) is 9.69 Å². The topological polar surface area (TPSA) is 44.1 Å². The van der Waals surface area contributed by atoms with Gasteiger partial charge in [0, 0.05) is 12.0 Å². The molecule has 1 aliphatic carbocycles. The lowest BCUT2D eigenvalue weighted by atomic mass is 9.86. The molecule has 1 fully saturated rings. The molecule has 0 aromatic rings. The van der Waals surface area contributed by atoms with Crippen molar-refractivity contribution in [2.75, 3.05) is 13.6 Å². The fraction of sp³-hybridized carbons (Fsp3) is 0.846. The lowest BCUT2D eigenvalue weighted by Crippen LogP contribution is -2.36. The zero-order chi connectivity index (χ0) is 12.0.